The van der Waals surface area contributed by atoms with Crippen molar-refractivity contribution in [2.24, 2.45) is 10.8 Å². The SMILES string of the molecule is CC(C)(C)c1ccc(N2c3cc4c(cc3B3c5ccccc5N(c5ccccc5)c5cc(N6c7ccc([Si](c8ccccc8)(c8ccccc8)c8ccccc8)cc7C7(C)CC(C)(C)C(C)(C)CC67C)cc2c53)C(C)(C)CCC4(C)C)c(-c2ccccc2)c1. The van der Waals surface area contributed by atoms with Gasteiger partial charge in [-0.1, -0.05) is 265 Å². The van der Waals surface area contributed by atoms with Crippen LogP contribution in [-0.2, 0) is 21.7 Å². The second kappa shape index (κ2) is 19.9. The van der Waals surface area contributed by atoms with Crippen LogP contribution in [0.1, 0.15) is 138 Å². The Hall–Kier alpha value is -8.12. The van der Waals surface area contributed by atoms with Crippen LogP contribution in [-0.4, -0.2) is 20.3 Å². The van der Waals surface area contributed by atoms with Gasteiger partial charge in [-0.15, -0.1) is 0 Å². The monoisotopic (exact) mass is 1180 g/mol. The Morgan fingerprint density at radius 1 is 0.382 bits per heavy atom. The summed E-state index contributed by atoms with van der Waals surface area (Å²) < 4.78 is 0. The fourth-order valence-electron chi connectivity index (χ4n) is 17.8. The Kier molecular flexibility index (Phi) is 12.8. The Morgan fingerprint density at radius 3 is 1.47 bits per heavy atom. The molecule has 2 atom stereocenters. The molecule has 89 heavy (non-hydrogen) atoms. The third kappa shape index (κ3) is 8.42. The van der Waals surface area contributed by atoms with E-state index in [2.05, 4.69) is 341 Å². The molecule has 5 aliphatic rings. The van der Waals surface area contributed by atoms with Crippen LogP contribution in [0.5, 0.6) is 0 Å². The van der Waals surface area contributed by atoms with Crippen LogP contribution in [0.15, 0.2) is 237 Å². The Morgan fingerprint density at radius 2 is 0.888 bits per heavy atom. The van der Waals surface area contributed by atoms with Crippen molar-refractivity contribution in [2.75, 3.05) is 14.7 Å². The van der Waals surface area contributed by atoms with E-state index in [9.17, 15) is 0 Å². The van der Waals surface area contributed by atoms with Gasteiger partial charge in [-0.25, -0.2) is 0 Å². The molecule has 0 bridgehead atoms. The lowest BCUT2D eigenvalue weighted by atomic mass is 9.33. The molecular weight excluding hydrogens is 1090 g/mol. The molecule has 0 aromatic heterocycles. The Balaban J connectivity index is 1.08. The van der Waals surface area contributed by atoms with Crippen LogP contribution >= 0.6 is 0 Å². The van der Waals surface area contributed by atoms with E-state index in [1.807, 2.05) is 0 Å². The molecule has 0 radical (unpaired) electrons. The van der Waals surface area contributed by atoms with Gasteiger partial charge < -0.3 is 14.7 Å². The summed E-state index contributed by atoms with van der Waals surface area (Å²) >= 11 is 0. The van der Waals surface area contributed by atoms with Crippen molar-refractivity contribution in [3.05, 3.63) is 259 Å². The number of hydrogen-bond acceptors (Lipinski definition) is 3. The molecule has 444 valence electrons. The molecule has 2 aliphatic carbocycles. The van der Waals surface area contributed by atoms with E-state index in [4.69, 9.17) is 0 Å². The van der Waals surface area contributed by atoms with E-state index >= 15 is 0 Å². The minimum Gasteiger partial charge on any atom is -0.334 e. The molecule has 15 rings (SSSR count). The smallest absolute Gasteiger partial charge is 0.252 e. The number of fused-ring (bicyclic) bond motifs is 8. The van der Waals surface area contributed by atoms with E-state index in [1.54, 1.807) is 0 Å². The van der Waals surface area contributed by atoms with Gasteiger partial charge in [0.1, 0.15) is 0 Å². The first kappa shape index (κ1) is 57.3. The predicted octanol–water partition coefficient (Wildman–Crippen LogP) is 17.5. The number of rotatable bonds is 8. The average molecular weight is 1180 g/mol. The van der Waals surface area contributed by atoms with Gasteiger partial charge >= 0.3 is 0 Å². The fourth-order valence-corrected chi connectivity index (χ4v) is 22.5. The molecule has 5 heteroatoms. The van der Waals surface area contributed by atoms with Crippen molar-refractivity contribution in [1.29, 1.82) is 0 Å². The Labute approximate surface area is 532 Å². The zero-order valence-electron chi connectivity index (χ0n) is 54.8. The van der Waals surface area contributed by atoms with Gasteiger partial charge in [-0.05, 0) is 179 Å². The van der Waals surface area contributed by atoms with Gasteiger partial charge in [-0.2, -0.15) is 0 Å². The summed E-state index contributed by atoms with van der Waals surface area (Å²) in [7, 11) is -2.93. The molecular formula is C84H86BN3Si. The third-order valence-corrected chi connectivity index (χ3v) is 28.1. The predicted molar refractivity (Wildman–Crippen MR) is 385 cm³/mol. The summed E-state index contributed by atoms with van der Waals surface area (Å²) in [5.41, 5.74) is 21.5. The minimum atomic E-state index is -2.93. The summed E-state index contributed by atoms with van der Waals surface area (Å²) in [4.78, 5) is 8.27. The maximum atomic E-state index is 2.89. The van der Waals surface area contributed by atoms with Crippen molar-refractivity contribution in [1.82, 2.24) is 0 Å². The molecule has 1 saturated carbocycles. The lowest BCUT2D eigenvalue weighted by molar-refractivity contribution is -0.0311. The third-order valence-electron chi connectivity index (χ3n) is 23.4. The second-order valence-corrected chi connectivity index (χ2v) is 34.9. The van der Waals surface area contributed by atoms with Crippen molar-refractivity contribution in [3.8, 4) is 11.1 Å². The van der Waals surface area contributed by atoms with Gasteiger partial charge in [0.2, 0.25) is 0 Å². The van der Waals surface area contributed by atoms with Crippen LogP contribution in [0, 0.1) is 10.8 Å². The van der Waals surface area contributed by atoms with E-state index < -0.39 is 8.07 Å². The van der Waals surface area contributed by atoms with Gasteiger partial charge in [0, 0.05) is 50.8 Å². The van der Waals surface area contributed by atoms with Gasteiger partial charge in [-0.3, -0.25) is 0 Å². The lowest BCUT2D eigenvalue weighted by Crippen LogP contribution is -2.74. The van der Waals surface area contributed by atoms with Crippen LogP contribution in [0.3, 0.4) is 0 Å². The fraction of sp³-hybridized carbons (Fsp3) is 0.286. The van der Waals surface area contributed by atoms with Gasteiger partial charge in [0.15, 0.2) is 8.07 Å². The highest BCUT2D eigenvalue weighted by Gasteiger charge is 2.66. The molecule has 3 heterocycles. The van der Waals surface area contributed by atoms with Crippen LogP contribution in [0.2, 0.25) is 0 Å². The largest absolute Gasteiger partial charge is 0.334 e. The molecule has 0 spiro atoms. The topological polar surface area (TPSA) is 9.72 Å². The first-order valence-electron chi connectivity index (χ1n) is 32.9. The molecule has 10 aromatic carbocycles. The zero-order chi connectivity index (χ0) is 61.8. The highest BCUT2D eigenvalue weighted by Crippen LogP contribution is 2.69. The van der Waals surface area contributed by atoms with E-state index in [-0.39, 0.29) is 44.7 Å². The number of hydrogen-bond donors (Lipinski definition) is 0. The summed E-state index contributed by atoms with van der Waals surface area (Å²) in [5, 5.41) is 5.61. The number of anilines is 8. The lowest BCUT2D eigenvalue weighted by Gasteiger charge is -2.61. The summed E-state index contributed by atoms with van der Waals surface area (Å²) in [5.74, 6) is 0. The maximum Gasteiger partial charge on any atom is 0.252 e. The molecule has 10 aromatic rings. The van der Waals surface area contributed by atoms with Crippen molar-refractivity contribution >= 4 is 97.4 Å². The summed E-state index contributed by atoms with van der Waals surface area (Å²) in [6.07, 6.45) is 4.32. The maximum absolute atomic E-state index is 2.93. The van der Waals surface area contributed by atoms with Crippen molar-refractivity contribution < 1.29 is 0 Å². The van der Waals surface area contributed by atoms with E-state index in [1.165, 1.54) is 110 Å². The van der Waals surface area contributed by atoms with Gasteiger partial charge in [0.25, 0.3) is 6.71 Å². The van der Waals surface area contributed by atoms with Crippen LogP contribution in [0.25, 0.3) is 11.1 Å². The highest BCUT2D eigenvalue weighted by atomic mass is 28.3. The van der Waals surface area contributed by atoms with Crippen LogP contribution < -0.4 is 51.8 Å². The van der Waals surface area contributed by atoms with Crippen LogP contribution in [0.4, 0.5) is 45.5 Å². The first-order chi connectivity index (χ1) is 42.5. The van der Waals surface area contributed by atoms with E-state index in [0.717, 1.165) is 31.4 Å². The van der Waals surface area contributed by atoms with E-state index in [0.29, 0.717) is 0 Å². The molecule has 3 nitrogen and oxygen atoms in total. The first-order valence-corrected chi connectivity index (χ1v) is 34.9. The summed E-state index contributed by atoms with van der Waals surface area (Å²) in [6, 6.07) is 92.4. The van der Waals surface area contributed by atoms with Gasteiger partial charge in [0.05, 0.1) is 11.2 Å². The quantitative estimate of drug-likeness (QED) is 0.111. The standard InChI is InChI=1S/C84H86BN3Si/c1-78(2,3)58-43-45-71(65(49-58)57-31-19-14-20-32-57)87-74-54-67-66(79(4,5)47-48-80(67,6)7)53-70(74)85-69-41-29-30-42-73(69)86(59-33-21-15-22-34-59)75-50-60(51-76(87)77(75)85)88-72-46-44-64(52-68(72)83(12)55-81(8,9)82(10,11)56-84(83,88)13)89(61-35-23-16-24-36-61,62-37-25-17-26-38-62)63-39-27-18-28-40-63/h14-46,49-54H,47-48,55-56H2,1-13H3. The minimum absolute atomic E-state index is 0.00434. The zero-order valence-corrected chi connectivity index (χ0v) is 55.8. The molecule has 3 aliphatic heterocycles. The van der Waals surface area contributed by atoms with Crippen molar-refractivity contribution in [2.45, 2.75) is 143 Å². The molecule has 0 N–H and O–H groups in total. The molecule has 0 amide bonds. The molecule has 1 fully saturated rings. The normalized spacial score (nSPS) is 20.6. The Bertz CT molecular complexity index is 4310. The summed E-state index contributed by atoms with van der Waals surface area (Å²) in [6.45, 7) is 32.6. The average Bonchev–Trinajstić information content (AvgIpc) is 1.65. The van der Waals surface area contributed by atoms with Crippen molar-refractivity contribution in [3.63, 3.8) is 0 Å². The number of para-hydroxylation sites is 2. The number of nitrogens with zero attached hydrogens (tertiary/aromatic N) is 3. The second-order valence-electron chi connectivity index (χ2n) is 31.1. The molecule has 2 unspecified atom stereocenters. The molecule has 0 saturated heterocycles. The highest BCUT2D eigenvalue weighted by molar-refractivity contribution is 7.20. The number of benzene rings is 10.